The van der Waals surface area contributed by atoms with E-state index < -0.39 is 5.54 Å². The van der Waals surface area contributed by atoms with Gasteiger partial charge in [-0.25, -0.2) is 0 Å². The van der Waals surface area contributed by atoms with Gasteiger partial charge in [0.05, 0.1) is 5.02 Å². The molecule has 0 fully saturated rings. The molecule has 0 radical (unpaired) electrons. The van der Waals surface area contributed by atoms with Crippen LogP contribution in [0.2, 0.25) is 5.02 Å². The Labute approximate surface area is 171 Å². The lowest BCUT2D eigenvalue weighted by Gasteiger charge is -2.36. The molecule has 2 nitrogen and oxygen atoms in total. The molecule has 0 saturated heterocycles. The molecule has 1 aromatic heterocycles. The highest BCUT2D eigenvalue weighted by atomic mass is 127. The van der Waals surface area contributed by atoms with E-state index in [0.29, 0.717) is 5.02 Å². The highest BCUT2D eigenvalue weighted by molar-refractivity contribution is 14.1. The van der Waals surface area contributed by atoms with Crippen LogP contribution in [0.5, 0.6) is 0 Å². The molecule has 0 amide bonds. The average molecular weight is 471 g/mol. The highest BCUT2D eigenvalue weighted by Gasteiger charge is 2.39. The lowest BCUT2D eigenvalue weighted by molar-refractivity contribution is 0.458. The van der Waals surface area contributed by atoms with E-state index in [9.17, 15) is 0 Å². The van der Waals surface area contributed by atoms with Crippen LogP contribution >= 0.6 is 34.2 Å². The summed E-state index contributed by atoms with van der Waals surface area (Å²) in [6.07, 6.45) is 1.91. The molecule has 3 aromatic carbocycles. The summed E-state index contributed by atoms with van der Waals surface area (Å²) in [4.78, 5) is 0. The van der Waals surface area contributed by atoms with Crippen molar-refractivity contribution in [2.45, 2.75) is 5.54 Å². The number of benzene rings is 3. The zero-order valence-electron chi connectivity index (χ0n) is 13.9. The number of hydrogen-bond acceptors (Lipinski definition) is 1. The van der Waals surface area contributed by atoms with Gasteiger partial charge in [-0.15, -0.1) is 0 Å². The highest BCUT2D eigenvalue weighted by Crippen LogP contribution is 2.41. The minimum atomic E-state index is -0.600. The van der Waals surface area contributed by atoms with Gasteiger partial charge in [0.2, 0.25) is 0 Å². The Kier molecular flexibility index (Phi) is 4.83. The zero-order chi connectivity index (χ0) is 18.0. The summed E-state index contributed by atoms with van der Waals surface area (Å²) in [5.41, 5.74) is 2.80. The van der Waals surface area contributed by atoms with Crippen LogP contribution in [-0.4, -0.2) is 9.78 Å². The SMILES string of the molecule is Clc1cn(C(c2ccccc2)(c2ccccc2)c2ccccc2)nc1I. The predicted molar refractivity (Wildman–Crippen MR) is 115 cm³/mol. The van der Waals surface area contributed by atoms with E-state index in [1.165, 1.54) is 0 Å². The third-order valence-electron chi connectivity index (χ3n) is 4.55. The molecule has 0 unspecified atom stereocenters. The largest absolute Gasteiger partial charge is 0.251 e. The third-order valence-corrected chi connectivity index (χ3v) is 5.94. The van der Waals surface area contributed by atoms with E-state index in [1.807, 2.05) is 29.1 Å². The molecule has 128 valence electrons. The standard InChI is InChI=1S/C22H16ClIN2/c23-20-16-26(25-21(20)24)22(17-10-4-1-5-11-17,18-12-6-2-7-13-18)19-14-8-3-9-15-19/h1-16H. The predicted octanol–water partition coefficient (Wildman–Crippen LogP) is 5.98. The van der Waals surface area contributed by atoms with Gasteiger partial charge in [-0.3, -0.25) is 4.68 Å². The molecule has 0 aliphatic carbocycles. The van der Waals surface area contributed by atoms with Gasteiger partial charge in [-0.05, 0) is 39.3 Å². The first-order valence-corrected chi connectivity index (χ1v) is 9.76. The second-order valence-electron chi connectivity index (χ2n) is 6.02. The maximum atomic E-state index is 6.41. The minimum absolute atomic E-state index is 0.600. The molecule has 4 heteroatoms. The van der Waals surface area contributed by atoms with Crippen LogP contribution in [0.25, 0.3) is 0 Å². The zero-order valence-corrected chi connectivity index (χ0v) is 16.8. The Morgan fingerprint density at radius 1 is 0.692 bits per heavy atom. The maximum Gasteiger partial charge on any atom is 0.141 e. The normalized spacial score (nSPS) is 11.5. The molecule has 4 rings (SSSR count). The first-order chi connectivity index (χ1) is 12.7. The topological polar surface area (TPSA) is 17.8 Å². The van der Waals surface area contributed by atoms with Gasteiger partial charge in [0.15, 0.2) is 0 Å². The van der Waals surface area contributed by atoms with Crippen molar-refractivity contribution in [2.75, 3.05) is 0 Å². The van der Waals surface area contributed by atoms with Gasteiger partial charge in [0, 0.05) is 6.20 Å². The molecular weight excluding hydrogens is 455 g/mol. The summed E-state index contributed by atoms with van der Waals surface area (Å²) >= 11 is 8.59. The average Bonchev–Trinajstić information content (AvgIpc) is 3.04. The lowest BCUT2D eigenvalue weighted by Crippen LogP contribution is -2.38. The molecule has 0 N–H and O–H groups in total. The van der Waals surface area contributed by atoms with Crippen molar-refractivity contribution >= 4 is 34.2 Å². The molecule has 0 spiro atoms. The first kappa shape index (κ1) is 17.3. The molecule has 26 heavy (non-hydrogen) atoms. The first-order valence-electron chi connectivity index (χ1n) is 8.30. The Balaban J connectivity index is 2.14. The van der Waals surface area contributed by atoms with Gasteiger partial charge in [0.25, 0.3) is 0 Å². The van der Waals surface area contributed by atoms with Crippen LogP contribution < -0.4 is 0 Å². The Bertz CT molecular complexity index is 882. The smallest absolute Gasteiger partial charge is 0.141 e. The Hall–Kier alpha value is -2.11. The van der Waals surface area contributed by atoms with Crippen LogP contribution in [0.3, 0.4) is 0 Å². The van der Waals surface area contributed by atoms with Crippen molar-refractivity contribution in [2.24, 2.45) is 0 Å². The summed E-state index contributed by atoms with van der Waals surface area (Å²) in [5, 5.41) is 5.43. The maximum absolute atomic E-state index is 6.41. The van der Waals surface area contributed by atoms with E-state index in [0.717, 1.165) is 20.4 Å². The van der Waals surface area contributed by atoms with Crippen molar-refractivity contribution in [3.05, 3.63) is 123 Å². The van der Waals surface area contributed by atoms with Crippen molar-refractivity contribution in [1.29, 1.82) is 0 Å². The van der Waals surface area contributed by atoms with Crippen molar-refractivity contribution in [3.63, 3.8) is 0 Å². The monoisotopic (exact) mass is 470 g/mol. The Morgan fingerprint density at radius 2 is 1.08 bits per heavy atom. The van der Waals surface area contributed by atoms with Gasteiger partial charge < -0.3 is 0 Å². The minimum Gasteiger partial charge on any atom is -0.251 e. The van der Waals surface area contributed by atoms with Crippen molar-refractivity contribution < 1.29 is 0 Å². The summed E-state index contributed by atoms with van der Waals surface area (Å²) in [7, 11) is 0. The van der Waals surface area contributed by atoms with Crippen LogP contribution in [0.4, 0.5) is 0 Å². The number of hydrogen-bond donors (Lipinski definition) is 0. The quantitative estimate of drug-likeness (QED) is 0.265. The van der Waals surface area contributed by atoms with Gasteiger partial charge in [0.1, 0.15) is 9.24 Å². The van der Waals surface area contributed by atoms with Crippen molar-refractivity contribution in [1.82, 2.24) is 9.78 Å². The molecule has 0 atom stereocenters. The second-order valence-corrected chi connectivity index (χ2v) is 7.45. The lowest BCUT2D eigenvalue weighted by atomic mass is 9.77. The molecule has 4 aromatic rings. The fraction of sp³-hybridized carbons (Fsp3) is 0.0455. The Morgan fingerprint density at radius 3 is 1.38 bits per heavy atom. The molecule has 0 aliphatic heterocycles. The number of aromatic nitrogens is 2. The van der Waals surface area contributed by atoms with Crippen LogP contribution in [0.15, 0.2) is 97.2 Å². The molecule has 1 heterocycles. The van der Waals surface area contributed by atoms with Crippen LogP contribution in [0.1, 0.15) is 16.7 Å². The third kappa shape index (κ3) is 2.85. The summed E-state index contributed by atoms with van der Waals surface area (Å²) in [6, 6.07) is 31.3. The van der Waals surface area contributed by atoms with E-state index in [4.69, 9.17) is 16.7 Å². The van der Waals surface area contributed by atoms with E-state index in [-0.39, 0.29) is 0 Å². The fourth-order valence-corrected chi connectivity index (χ4v) is 3.94. The van der Waals surface area contributed by atoms with E-state index >= 15 is 0 Å². The fourth-order valence-electron chi connectivity index (χ4n) is 3.44. The van der Waals surface area contributed by atoms with Crippen molar-refractivity contribution in [3.8, 4) is 0 Å². The van der Waals surface area contributed by atoms with E-state index in [1.54, 1.807) is 0 Å². The number of rotatable bonds is 4. The van der Waals surface area contributed by atoms with E-state index in [2.05, 4.69) is 95.4 Å². The molecule has 0 bridgehead atoms. The van der Waals surface area contributed by atoms with Gasteiger partial charge >= 0.3 is 0 Å². The molecular formula is C22H16ClIN2. The van der Waals surface area contributed by atoms with Crippen LogP contribution in [-0.2, 0) is 5.54 Å². The summed E-state index contributed by atoms with van der Waals surface area (Å²) in [6.45, 7) is 0. The number of halogens is 2. The van der Waals surface area contributed by atoms with Gasteiger partial charge in [-0.2, -0.15) is 5.10 Å². The summed E-state index contributed by atoms with van der Waals surface area (Å²) < 4.78 is 2.77. The second kappa shape index (κ2) is 7.25. The van der Waals surface area contributed by atoms with Crippen LogP contribution in [0, 0.1) is 3.70 Å². The van der Waals surface area contributed by atoms with Gasteiger partial charge in [-0.1, -0.05) is 103 Å². The molecule has 0 aliphatic rings. The number of nitrogens with zero attached hydrogens (tertiary/aromatic N) is 2. The summed E-state index contributed by atoms with van der Waals surface area (Å²) in [5.74, 6) is 0. The molecule has 0 saturated carbocycles.